The fraction of sp³-hybridized carbons (Fsp3) is 0.619. The highest BCUT2D eigenvalue weighted by Crippen LogP contribution is 2.17. The Morgan fingerprint density at radius 2 is 1.82 bits per heavy atom. The van der Waals surface area contributed by atoms with Gasteiger partial charge in [0.15, 0.2) is 0 Å². The number of nitrogens with zero attached hydrogens (tertiary/aromatic N) is 3. The summed E-state index contributed by atoms with van der Waals surface area (Å²) in [5, 5.41) is 3.45. The molecule has 0 saturated carbocycles. The number of hydrogen-bond acceptors (Lipinski definition) is 5. The average Bonchev–Trinajstić information content (AvgIpc) is 2.70. The molecule has 2 aliphatic heterocycles. The molecule has 4 rings (SSSR count). The van der Waals surface area contributed by atoms with Gasteiger partial charge in [0, 0.05) is 51.0 Å². The van der Waals surface area contributed by atoms with Crippen molar-refractivity contribution >= 4 is 23.4 Å². The molecule has 0 bridgehead atoms. The van der Waals surface area contributed by atoms with Crippen LogP contribution in [0.1, 0.15) is 30.9 Å². The number of H-pyrrole nitrogens is 1. The van der Waals surface area contributed by atoms with E-state index in [1.807, 2.05) is 19.2 Å². The highest BCUT2D eigenvalue weighted by atomic mass is 35.5. The van der Waals surface area contributed by atoms with Crippen molar-refractivity contribution < 1.29 is 0 Å². The van der Waals surface area contributed by atoms with Crippen LogP contribution in [0.25, 0.3) is 11.0 Å². The molecule has 0 aliphatic carbocycles. The number of halogens is 1. The zero-order valence-electron chi connectivity index (χ0n) is 16.7. The van der Waals surface area contributed by atoms with Gasteiger partial charge in [0.25, 0.3) is 5.56 Å². The van der Waals surface area contributed by atoms with Crippen molar-refractivity contribution in [3.63, 3.8) is 0 Å². The van der Waals surface area contributed by atoms with Gasteiger partial charge in [0.05, 0.1) is 11.0 Å². The molecule has 0 amide bonds. The van der Waals surface area contributed by atoms with Gasteiger partial charge in [-0.15, -0.1) is 12.4 Å². The highest BCUT2D eigenvalue weighted by molar-refractivity contribution is 5.85. The van der Waals surface area contributed by atoms with Gasteiger partial charge in [0.1, 0.15) is 0 Å². The second-order valence-electron chi connectivity index (χ2n) is 8.02. The Kier molecular flexibility index (Phi) is 7.46. The molecule has 0 unspecified atom stereocenters. The minimum absolute atomic E-state index is 0. The molecule has 4 heterocycles. The number of nitrogens with one attached hydrogen (secondary N) is 2. The van der Waals surface area contributed by atoms with Gasteiger partial charge in [-0.2, -0.15) is 0 Å². The molecule has 2 aromatic heterocycles. The number of hydrogen-bond donors (Lipinski definition) is 2. The molecule has 2 aromatic rings. The molecule has 0 radical (unpaired) electrons. The normalized spacial score (nSPS) is 19.6. The average molecular weight is 406 g/mol. The molecule has 2 aliphatic rings. The van der Waals surface area contributed by atoms with E-state index in [1.54, 1.807) is 0 Å². The molecule has 6 nitrogen and oxygen atoms in total. The molecular formula is C21H32ClN5O. The van der Waals surface area contributed by atoms with Crippen LogP contribution in [-0.2, 0) is 13.0 Å². The van der Waals surface area contributed by atoms with Gasteiger partial charge in [-0.25, -0.2) is 0 Å². The van der Waals surface area contributed by atoms with Crippen molar-refractivity contribution in [1.82, 2.24) is 25.1 Å². The van der Waals surface area contributed by atoms with E-state index < -0.39 is 0 Å². The summed E-state index contributed by atoms with van der Waals surface area (Å²) in [7, 11) is 0. The molecule has 28 heavy (non-hydrogen) atoms. The lowest BCUT2D eigenvalue weighted by atomic mass is 9.97. The maximum absolute atomic E-state index is 12.1. The molecule has 154 valence electrons. The van der Waals surface area contributed by atoms with E-state index in [4.69, 9.17) is 0 Å². The lowest BCUT2D eigenvalue weighted by Crippen LogP contribution is -2.48. The van der Waals surface area contributed by atoms with E-state index in [2.05, 4.69) is 31.2 Å². The summed E-state index contributed by atoms with van der Waals surface area (Å²) < 4.78 is 0. The number of aromatic nitrogens is 2. The standard InChI is InChI=1S/C21H31N5O.ClH/c1-2-18-12-19-20(24-21(18)27)11-17(13-23-19)15-26-9-7-25(8-10-26)14-16-3-5-22-6-4-16;/h11-13,16,22H,2-10,14-15H2,1H3,(H,24,27);1H. The number of fused-ring (bicyclic) bond motifs is 1. The monoisotopic (exact) mass is 405 g/mol. The van der Waals surface area contributed by atoms with Gasteiger partial charge in [-0.1, -0.05) is 6.92 Å². The zero-order chi connectivity index (χ0) is 18.6. The quantitative estimate of drug-likeness (QED) is 0.796. The van der Waals surface area contributed by atoms with Gasteiger partial charge in [0.2, 0.25) is 0 Å². The van der Waals surface area contributed by atoms with Crippen LogP contribution < -0.4 is 10.9 Å². The Balaban J connectivity index is 0.00000225. The molecule has 0 atom stereocenters. The van der Waals surface area contributed by atoms with Gasteiger partial charge in [-0.3, -0.25) is 14.7 Å². The van der Waals surface area contributed by atoms with Crippen molar-refractivity contribution in [2.45, 2.75) is 32.7 Å². The van der Waals surface area contributed by atoms with Gasteiger partial charge >= 0.3 is 0 Å². The molecule has 2 saturated heterocycles. The fourth-order valence-electron chi connectivity index (χ4n) is 4.33. The third-order valence-corrected chi connectivity index (χ3v) is 6.05. The molecule has 7 heteroatoms. The molecule has 0 spiro atoms. The first-order valence-corrected chi connectivity index (χ1v) is 10.4. The predicted molar refractivity (Wildman–Crippen MR) is 116 cm³/mol. The summed E-state index contributed by atoms with van der Waals surface area (Å²) in [5.74, 6) is 0.868. The van der Waals surface area contributed by atoms with E-state index in [0.29, 0.717) is 0 Å². The van der Waals surface area contributed by atoms with E-state index in [0.717, 1.165) is 61.7 Å². The van der Waals surface area contributed by atoms with Gasteiger partial charge in [-0.05, 0) is 56.0 Å². The van der Waals surface area contributed by atoms with Crippen LogP contribution in [0, 0.1) is 5.92 Å². The third-order valence-electron chi connectivity index (χ3n) is 6.05. The minimum atomic E-state index is 0. The largest absolute Gasteiger partial charge is 0.320 e. The Labute approximate surface area is 173 Å². The van der Waals surface area contributed by atoms with E-state index in [9.17, 15) is 4.79 Å². The number of rotatable bonds is 5. The molecule has 0 aromatic carbocycles. The second kappa shape index (κ2) is 9.83. The van der Waals surface area contributed by atoms with Crippen LogP contribution in [0.15, 0.2) is 23.1 Å². The Morgan fingerprint density at radius 3 is 2.54 bits per heavy atom. The number of aromatic amines is 1. The fourth-order valence-corrected chi connectivity index (χ4v) is 4.33. The lowest BCUT2D eigenvalue weighted by Gasteiger charge is -2.37. The van der Waals surface area contributed by atoms with Crippen molar-refractivity contribution in [2.75, 3.05) is 45.8 Å². The topological polar surface area (TPSA) is 64.3 Å². The lowest BCUT2D eigenvalue weighted by molar-refractivity contribution is 0.107. The van der Waals surface area contributed by atoms with Crippen molar-refractivity contribution in [3.05, 3.63) is 39.8 Å². The van der Waals surface area contributed by atoms with Crippen LogP contribution in [0.5, 0.6) is 0 Å². The van der Waals surface area contributed by atoms with Crippen LogP contribution in [0.2, 0.25) is 0 Å². The number of aryl methyl sites for hydroxylation is 1. The Morgan fingerprint density at radius 1 is 1.11 bits per heavy atom. The van der Waals surface area contributed by atoms with Crippen molar-refractivity contribution in [2.24, 2.45) is 5.92 Å². The maximum Gasteiger partial charge on any atom is 0.251 e. The number of piperidine rings is 1. The Hall–Kier alpha value is -1.47. The van der Waals surface area contributed by atoms with Crippen LogP contribution >= 0.6 is 12.4 Å². The van der Waals surface area contributed by atoms with Crippen molar-refractivity contribution in [1.29, 1.82) is 0 Å². The summed E-state index contributed by atoms with van der Waals surface area (Å²) in [5.41, 5.74) is 3.71. The van der Waals surface area contributed by atoms with E-state index in [-0.39, 0.29) is 18.0 Å². The van der Waals surface area contributed by atoms with Crippen molar-refractivity contribution in [3.8, 4) is 0 Å². The first kappa shape index (κ1) is 21.2. The van der Waals surface area contributed by atoms with E-state index >= 15 is 0 Å². The first-order valence-electron chi connectivity index (χ1n) is 10.4. The zero-order valence-corrected chi connectivity index (χ0v) is 17.6. The second-order valence-corrected chi connectivity index (χ2v) is 8.02. The summed E-state index contributed by atoms with van der Waals surface area (Å²) >= 11 is 0. The highest BCUT2D eigenvalue weighted by Gasteiger charge is 2.21. The molecule has 2 N–H and O–H groups in total. The minimum Gasteiger partial charge on any atom is -0.320 e. The summed E-state index contributed by atoms with van der Waals surface area (Å²) in [6.07, 6.45) is 5.33. The SMILES string of the molecule is CCc1cc2ncc(CN3CCN(CC4CCNCC4)CC3)cc2[nH]c1=O.Cl. The first-order chi connectivity index (χ1) is 13.2. The van der Waals surface area contributed by atoms with Crippen LogP contribution in [0.4, 0.5) is 0 Å². The number of pyridine rings is 2. The third kappa shape index (κ3) is 5.11. The Bertz CT molecular complexity index is 825. The predicted octanol–water partition coefficient (Wildman–Crippen LogP) is 2.02. The van der Waals surface area contributed by atoms with Crippen LogP contribution in [0.3, 0.4) is 0 Å². The smallest absolute Gasteiger partial charge is 0.251 e. The summed E-state index contributed by atoms with van der Waals surface area (Å²) in [6, 6.07) is 4.00. The van der Waals surface area contributed by atoms with E-state index in [1.165, 1.54) is 38.0 Å². The number of piperazine rings is 1. The van der Waals surface area contributed by atoms with Gasteiger partial charge < -0.3 is 15.2 Å². The van der Waals surface area contributed by atoms with Crippen LogP contribution in [-0.4, -0.2) is 65.6 Å². The maximum atomic E-state index is 12.1. The molecule has 2 fully saturated rings. The molecular weight excluding hydrogens is 374 g/mol. The summed E-state index contributed by atoms with van der Waals surface area (Å²) in [4.78, 5) is 24.8. The summed E-state index contributed by atoms with van der Waals surface area (Å²) in [6.45, 7) is 11.0.